The monoisotopic (exact) mass is 405 g/mol. The third kappa shape index (κ3) is 3.22. The van der Waals surface area contributed by atoms with Gasteiger partial charge in [0.05, 0.1) is 41.7 Å². The second-order valence-electron chi connectivity index (χ2n) is 7.37. The molecule has 1 N–H and O–H groups in total. The van der Waals surface area contributed by atoms with Crippen LogP contribution in [-0.4, -0.2) is 39.2 Å². The summed E-state index contributed by atoms with van der Waals surface area (Å²) in [5.41, 5.74) is 2.03. The van der Waals surface area contributed by atoms with Gasteiger partial charge in [-0.15, -0.1) is 0 Å². The molecule has 7 nitrogen and oxygen atoms in total. The lowest BCUT2D eigenvalue weighted by Gasteiger charge is -2.35. The smallest absolute Gasteiger partial charge is 0.314 e. The zero-order valence-corrected chi connectivity index (χ0v) is 16.4. The highest BCUT2D eigenvalue weighted by Crippen LogP contribution is 2.32. The van der Waals surface area contributed by atoms with E-state index in [1.54, 1.807) is 16.0 Å². The van der Waals surface area contributed by atoms with Crippen molar-refractivity contribution in [1.29, 1.82) is 0 Å². The van der Waals surface area contributed by atoms with Crippen LogP contribution >= 0.6 is 11.6 Å². The van der Waals surface area contributed by atoms with E-state index in [0.717, 1.165) is 17.8 Å². The van der Waals surface area contributed by atoms with Gasteiger partial charge < -0.3 is 15.1 Å². The highest BCUT2D eigenvalue weighted by Gasteiger charge is 2.35. The highest BCUT2D eigenvalue weighted by molar-refractivity contribution is 6.31. The summed E-state index contributed by atoms with van der Waals surface area (Å²) in [5, 5.41) is 7.13. The largest absolute Gasteiger partial charge is 0.322 e. The molecule has 0 aliphatic carbocycles. The molecule has 0 spiro atoms. The molecule has 1 aromatic heterocycles. The van der Waals surface area contributed by atoms with Crippen LogP contribution in [0.5, 0.6) is 0 Å². The minimum absolute atomic E-state index is 0.000639. The van der Waals surface area contributed by atoms with Crippen LogP contribution < -0.4 is 10.2 Å². The molecule has 1 saturated heterocycles. The van der Waals surface area contributed by atoms with Crippen LogP contribution in [0.25, 0.3) is 0 Å². The molecule has 3 heterocycles. The van der Waals surface area contributed by atoms with Crippen LogP contribution in [-0.2, 0) is 17.9 Å². The predicted octanol–water partition coefficient (Wildman–Crippen LogP) is 3.48. The fraction of sp³-hybridized carbons (Fsp3) is 0.421. The Kier molecular flexibility index (Phi) is 4.74. The summed E-state index contributed by atoms with van der Waals surface area (Å²) in [6.07, 6.45) is 2.52. The van der Waals surface area contributed by atoms with Crippen molar-refractivity contribution in [2.24, 2.45) is 5.92 Å². The van der Waals surface area contributed by atoms with Crippen LogP contribution in [0.3, 0.4) is 0 Å². The Morgan fingerprint density at radius 1 is 1.36 bits per heavy atom. The van der Waals surface area contributed by atoms with Gasteiger partial charge in [0.1, 0.15) is 5.82 Å². The SMILES string of the molecule is CC1CCN(c2cnn3c2CN(C(=O)Nc2ccc(F)c(Cl)c2)[C@@H](C)C3)C1=O. The number of aromatic nitrogens is 2. The minimum Gasteiger partial charge on any atom is -0.314 e. The Morgan fingerprint density at radius 3 is 2.82 bits per heavy atom. The van der Waals surface area contributed by atoms with Gasteiger partial charge in [0.15, 0.2) is 0 Å². The molecule has 2 aliphatic rings. The maximum Gasteiger partial charge on any atom is 0.322 e. The van der Waals surface area contributed by atoms with E-state index in [2.05, 4.69) is 10.4 Å². The van der Waals surface area contributed by atoms with Crippen LogP contribution in [0.15, 0.2) is 24.4 Å². The van der Waals surface area contributed by atoms with Crippen LogP contribution in [0.1, 0.15) is 26.0 Å². The molecule has 1 aromatic carbocycles. The van der Waals surface area contributed by atoms with E-state index < -0.39 is 5.82 Å². The molecule has 1 unspecified atom stereocenters. The molecule has 28 heavy (non-hydrogen) atoms. The lowest BCUT2D eigenvalue weighted by atomic mass is 10.1. The first-order valence-corrected chi connectivity index (χ1v) is 9.61. The van der Waals surface area contributed by atoms with Gasteiger partial charge in [-0.3, -0.25) is 9.48 Å². The van der Waals surface area contributed by atoms with Crippen LogP contribution in [0.4, 0.5) is 20.6 Å². The van der Waals surface area contributed by atoms with Crippen molar-refractivity contribution in [1.82, 2.24) is 14.7 Å². The fourth-order valence-electron chi connectivity index (χ4n) is 3.72. The summed E-state index contributed by atoms with van der Waals surface area (Å²) in [6, 6.07) is 3.65. The van der Waals surface area contributed by atoms with Crippen molar-refractivity contribution in [2.45, 2.75) is 39.4 Å². The lowest BCUT2D eigenvalue weighted by molar-refractivity contribution is -0.119. The van der Waals surface area contributed by atoms with Crippen molar-refractivity contribution >= 4 is 34.9 Å². The molecular weight excluding hydrogens is 385 g/mol. The number of rotatable bonds is 2. The van der Waals surface area contributed by atoms with Gasteiger partial charge in [-0.2, -0.15) is 5.10 Å². The number of nitrogens with zero attached hydrogens (tertiary/aromatic N) is 4. The Labute approximate surface area is 167 Å². The van der Waals surface area contributed by atoms with E-state index in [-0.39, 0.29) is 28.9 Å². The first-order chi connectivity index (χ1) is 13.3. The van der Waals surface area contributed by atoms with Gasteiger partial charge in [-0.05, 0) is 31.5 Å². The molecule has 0 bridgehead atoms. The molecular formula is C19H21ClFN5O2. The normalized spacial score (nSPS) is 21.8. The number of fused-ring (bicyclic) bond motifs is 1. The molecule has 1 fully saturated rings. The third-order valence-electron chi connectivity index (χ3n) is 5.41. The molecule has 2 atom stereocenters. The standard InChI is InChI=1S/C19H21ClFN5O2/c1-11-5-6-24(18(11)27)16-8-22-26-9-12(2)25(10-17(16)26)19(28)23-13-3-4-15(21)14(20)7-13/h3-4,7-8,11-12H,5-6,9-10H2,1-2H3,(H,23,28)/t11?,12-/m0/s1. The predicted molar refractivity (Wildman–Crippen MR) is 104 cm³/mol. The molecule has 2 aliphatic heterocycles. The van der Waals surface area contributed by atoms with E-state index in [1.165, 1.54) is 18.2 Å². The van der Waals surface area contributed by atoms with Crippen molar-refractivity contribution in [3.63, 3.8) is 0 Å². The Bertz CT molecular complexity index is 946. The summed E-state index contributed by atoms with van der Waals surface area (Å²) in [5.74, 6) is -0.448. The van der Waals surface area contributed by atoms with E-state index in [4.69, 9.17) is 11.6 Å². The molecule has 148 valence electrons. The van der Waals surface area contributed by atoms with Crippen molar-refractivity contribution in [3.05, 3.63) is 40.9 Å². The maximum atomic E-state index is 13.3. The molecule has 3 amide bonds. The summed E-state index contributed by atoms with van der Waals surface area (Å²) in [4.78, 5) is 28.7. The number of carbonyl (C=O) groups excluding carboxylic acids is 2. The van der Waals surface area contributed by atoms with Gasteiger partial charge in [0.2, 0.25) is 5.91 Å². The van der Waals surface area contributed by atoms with Crippen LogP contribution in [0.2, 0.25) is 5.02 Å². The Morgan fingerprint density at radius 2 is 2.14 bits per heavy atom. The second-order valence-corrected chi connectivity index (χ2v) is 7.78. The zero-order valence-electron chi connectivity index (χ0n) is 15.7. The number of benzene rings is 1. The van der Waals surface area contributed by atoms with Gasteiger partial charge in [0.25, 0.3) is 0 Å². The van der Waals surface area contributed by atoms with E-state index in [9.17, 15) is 14.0 Å². The molecule has 2 aromatic rings. The van der Waals surface area contributed by atoms with Gasteiger partial charge in [-0.1, -0.05) is 18.5 Å². The van der Waals surface area contributed by atoms with E-state index >= 15 is 0 Å². The van der Waals surface area contributed by atoms with Crippen molar-refractivity contribution in [2.75, 3.05) is 16.8 Å². The first-order valence-electron chi connectivity index (χ1n) is 9.24. The van der Waals surface area contributed by atoms with Gasteiger partial charge in [-0.25, -0.2) is 9.18 Å². The topological polar surface area (TPSA) is 70.5 Å². The summed E-state index contributed by atoms with van der Waals surface area (Å²) < 4.78 is 15.2. The second kappa shape index (κ2) is 7.09. The number of halogens is 2. The average Bonchev–Trinajstić information content (AvgIpc) is 3.20. The van der Waals surface area contributed by atoms with Crippen molar-refractivity contribution in [3.8, 4) is 0 Å². The number of urea groups is 1. The van der Waals surface area contributed by atoms with E-state index in [1.807, 2.05) is 18.5 Å². The average molecular weight is 406 g/mol. The van der Waals surface area contributed by atoms with Gasteiger partial charge in [0, 0.05) is 18.2 Å². The molecule has 0 saturated carbocycles. The first kappa shape index (κ1) is 18.7. The lowest BCUT2D eigenvalue weighted by Crippen LogP contribution is -2.47. The maximum absolute atomic E-state index is 13.3. The number of amides is 3. The third-order valence-corrected chi connectivity index (χ3v) is 5.70. The minimum atomic E-state index is -0.538. The fourth-order valence-corrected chi connectivity index (χ4v) is 3.90. The van der Waals surface area contributed by atoms with Crippen molar-refractivity contribution < 1.29 is 14.0 Å². The molecule has 9 heteroatoms. The summed E-state index contributed by atoms with van der Waals surface area (Å²) >= 11 is 5.79. The Balaban J connectivity index is 1.55. The quantitative estimate of drug-likeness (QED) is 0.831. The van der Waals surface area contributed by atoms with E-state index in [0.29, 0.717) is 25.3 Å². The number of carbonyl (C=O) groups is 2. The Hall–Kier alpha value is -2.61. The zero-order chi connectivity index (χ0) is 20.0. The van der Waals surface area contributed by atoms with Gasteiger partial charge >= 0.3 is 6.03 Å². The number of anilines is 2. The molecule has 0 radical (unpaired) electrons. The summed E-state index contributed by atoms with van der Waals surface area (Å²) in [7, 11) is 0. The number of hydrogen-bond acceptors (Lipinski definition) is 3. The number of hydrogen-bond donors (Lipinski definition) is 1. The number of nitrogens with one attached hydrogen (secondary N) is 1. The molecule has 4 rings (SSSR count). The van der Waals surface area contributed by atoms with Crippen LogP contribution in [0, 0.1) is 11.7 Å². The highest BCUT2D eigenvalue weighted by atomic mass is 35.5. The summed E-state index contributed by atoms with van der Waals surface area (Å²) in [6.45, 7) is 5.38.